The van der Waals surface area contributed by atoms with Gasteiger partial charge in [-0.1, -0.05) is 13.8 Å². The minimum absolute atomic E-state index is 0.319. The molecule has 3 heterocycles. The van der Waals surface area contributed by atoms with Crippen molar-refractivity contribution >= 4 is 17.2 Å². The van der Waals surface area contributed by atoms with Crippen molar-refractivity contribution in [3.05, 3.63) is 16.6 Å². The molecule has 1 aromatic heterocycles. The van der Waals surface area contributed by atoms with Crippen molar-refractivity contribution in [1.82, 2.24) is 14.8 Å². The highest BCUT2D eigenvalue weighted by atomic mass is 32.1. The van der Waals surface area contributed by atoms with E-state index in [4.69, 9.17) is 0 Å². The minimum atomic E-state index is 0.319. The average Bonchev–Trinajstić information content (AvgIpc) is 3.02. The summed E-state index contributed by atoms with van der Waals surface area (Å²) >= 11 is 1.67. The Balaban J connectivity index is 1.61. The van der Waals surface area contributed by atoms with Crippen LogP contribution in [0.5, 0.6) is 0 Å². The summed E-state index contributed by atoms with van der Waals surface area (Å²) in [5.74, 6) is 1.03. The Morgan fingerprint density at radius 2 is 2.22 bits per heavy atom. The van der Waals surface area contributed by atoms with Crippen LogP contribution in [-0.4, -0.2) is 46.9 Å². The van der Waals surface area contributed by atoms with Crippen LogP contribution in [0.25, 0.3) is 0 Å². The lowest BCUT2D eigenvalue weighted by molar-refractivity contribution is -0.139. The van der Waals surface area contributed by atoms with Gasteiger partial charge in [0.2, 0.25) is 5.91 Å². The largest absolute Gasteiger partial charge is 0.342 e. The van der Waals surface area contributed by atoms with Gasteiger partial charge in [0.15, 0.2) is 0 Å². The van der Waals surface area contributed by atoms with Crippen LogP contribution in [0.4, 0.5) is 0 Å². The number of carbonyl (C=O) groups is 1. The van der Waals surface area contributed by atoms with Crippen LogP contribution in [0.1, 0.15) is 51.6 Å². The fourth-order valence-electron chi connectivity index (χ4n) is 4.04. The van der Waals surface area contributed by atoms with Gasteiger partial charge in [-0.25, -0.2) is 4.98 Å². The van der Waals surface area contributed by atoms with Crippen LogP contribution in [0.2, 0.25) is 0 Å². The first-order chi connectivity index (χ1) is 11.1. The lowest BCUT2D eigenvalue weighted by Crippen LogP contribution is -2.54. The van der Waals surface area contributed by atoms with Crippen LogP contribution in [0.15, 0.2) is 10.9 Å². The maximum absolute atomic E-state index is 12.3. The number of hydrogen-bond donors (Lipinski definition) is 0. The molecule has 2 aliphatic heterocycles. The molecule has 0 radical (unpaired) electrons. The Hall–Kier alpha value is -0.940. The van der Waals surface area contributed by atoms with Gasteiger partial charge in [-0.05, 0) is 38.1 Å². The molecule has 1 spiro atoms. The first-order valence-electron chi connectivity index (χ1n) is 8.94. The quantitative estimate of drug-likeness (QED) is 0.827. The SMILES string of the molecule is CC(C)CCN1CC2(CCCN(Cc3cscn3)C2)CCC1=O. The van der Waals surface area contributed by atoms with Gasteiger partial charge in [0.1, 0.15) is 0 Å². The summed E-state index contributed by atoms with van der Waals surface area (Å²) < 4.78 is 0. The van der Waals surface area contributed by atoms with E-state index >= 15 is 0 Å². The van der Waals surface area contributed by atoms with Crippen molar-refractivity contribution in [2.45, 2.75) is 52.5 Å². The van der Waals surface area contributed by atoms with E-state index < -0.39 is 0 Å². The topological polar surface area (TPSA) is 36.4 Å². The third-order valence-electron chi connectivity index (χ3n) is 5.33. The van der Waals surface area contributed by atoms with Gasteiger partial charge in [0, 0.05) is 43.4 Å². The van der Waals surface area contributed by atoms with E-state index in [1.54, 1.807) is 11.3 Å². The van der Waals surface area contributed by atoms with E-state index in [0.29, 0.717) is 17.2 Å². The number of carbonyl (C=O) groups excluding carboxylic acids is 1. The number of nitrogens with zero attached hydrogens (tertiary/aromatic N) is 3. The molecule has 0 aromatic carbocycles. The maximum Gasteiger partial charge on any atom is 0.222 e. The second-order valence-corrected chi connectivity index (χ2v) is 8.51. The van der Waals surface area contributed by atoms with Crippen molar-refractivity contribution in [2.24, 2.45) is 11.3 Å². The molecule has 4 nitrogen and oxygen atoms in total. The molecule has 2 aliphatic rings. The monoisotopic (exact) mass is 335 g/mol. The molecular weight excluding hydrogens is 306 g/mol. The van der Waals surface area contributed by atoms with Gasteiger partial charge in [-0.15, -0.1) is 11.3 Å². The summed E-state index contributed by atoms with van der Waals surface area (Å²) in [5.41, 5.74) is 3.43. The second kappa shape index (κ2) is 7.31. The summed E-state index contributed by atoms with van der Waals surface area (Å²) in [6, 6.07) is 0. The first kappa shape index (κ1) is 16.9. The normalized spacial score (nSPS) is 26.4. The zero-order valence-corrected chi connectivity index (χ0v) is 15.3. The summed E-state index contributed by atoms with van der Waals surface area (Å²) in [7, 11) is 0. The molecule has 23 heavy (non-hydrogen) atoms. The van der Waals surface area contributed by atoms with Crippen molar-refractivity contribution in [1.29, 1.82) is 0 Å². The van der Waals surface area contributed by atoms with Crippen LogP contribution in [-0.2, 0) is 11.3 Å². The lowest BCUT2D eigenvalue weighted by atomic mass is 9.73. The summed E-state index contributed by atoms with van der Waals surface area (Å²) in [4.78, 5) is 21.4. The molecule has 2 saturated heterocycles. The summed E-state index contributed by atoms with van der Waals surface area (Å²) in [6.45, 7) is 9.62. The Kier molecular flexibility index (Phi) is 5.37. The molecule has 2 fully saturated rings. The van der Waals surface area contributed by atoms with E-state index in [9.17, 15) is 4.79 Å². The molecule has 0 N–H and O–H groups in total. The molecule has 1 amide bonds. The van der Waals surface area contributed by atoms with Gasteiger partial charge in [-0.2, -0.15) is 0 Å². The molecule has 5 heteroatoms. The first-order valence-corrected chi connectivity index (χ1v) is 9.88. The van der Waals surface area contributed by atoms with Crippen LogP contribution in [0, 0.1) is 11.3 Å². The van der Waals surface area contributed by atoms with Crippen molar-refractivity contribution in [2.75, 3.05) is 26.2 Å². The van der Waals surface area contributed by atoms with Crippen molar-refractivity contribution in [3.63, 3.8) is 0 Å². The van der Waals surface area contributed by atoms with Crippen LogP contribution in [0.3, 0.4) is 0 Å². The highest BCUT2D eigenvalue weighted by molar-refractivity contribution is 7.07. The van der Waals surface area contributed by atoms with Gasteiger partial charge >= 0.3 is 0 Å². The fraction of sp³-hybridized carbons (Fsp3) is 0.778. The van der Waals surface area contributed by atoms with Gasteiger partial charge < -0.3 is 4.90 Å². The number of hydrogen-bond acceptors (Lipinski definition) is 4. The Morgan fingerprint density at radius 3 is 2.96 bits per heavy atom. The maximum atomic E-state index is 12.3. The van der Waals surface area contributed by atoms with E-state index in [-0.39, 0.29) is 0 Å². The number of thiazole rings is 1. The number of rotatable bonds is 5. The molecule has 128 valence electrons. The van der Waals surface area contributed by atoms with Crippen molar-refractivity contribution in [3.8, 4) is 0 Å². The van der Waals surface area contributed by atoms with Gasteiger partial charge in [0.05, 0.1) is 11.2 Å². The Labute approximate surface area is 143 Å². The van der Waals surface area contributed by atoms with Crippen LogP contribution >= 0.6 is 11.3 Å². The van der Waals surface area contributed by atoms with Gasteiger partial charge in [-0.3, -0.25) is 9.69 Å². The molecule has 1 atom stereocenters. The summed E-state index contributed by atoms with van der Waals surface area (Å²) in [6.07, 6.45) is 5.44. The second-order valence-electron chi connectivity index (χ2n) is 7.79. The Morgan fingerprint density at radius 1 is 1.35 bits per heavy atom. The predicted molar refractivity (Wildman–Crippen MR) is 94.3 cm³/mol. The van der Waals surface area contributed by atoms with E-state index in [2.05, 4.69) is 34.0 Å². The lowest BCUT2D eigenvalue weighted by Gasteiger charge is -2.48. The molecular formula is C18H29N3OS. The molecule has 0 bridgehead atoms. The standard InChI is InChI=1S/C18H29N3OS/c1-15(2)5-9-21-13-18(7-4-17(21)22)6-3-8-20(12-18)10-16-11-23-14-19-16/h11,14-15H,3-10,12-13H2,1-2H3. The third kappa shape index (κ3) is 4.32. The van der Waals surface area contributed by atoms with E-state index in [0.717, 1.165) is 45.4 Å². The zero-order valence-electron chi connectivity index (χ0n) is 14.5. The summed E-state index contributed by atoms with van der Waals surface area (Å²) in [5, 5.41) is 2.15. The van der Waals surface area contributed by atoms with Crippen LogP contribution < -0.4 is 0 Å². The molecule has 0 saturated carbocycles. The smallest absolute Gasteiger partial charge is 0.222 e. The van der Waals surface area contributed by atoms with E-state index in [1.165, 1.54) is 25.1 Å². The molecule has 3 rings (SSSR count). The number of likely N-dealkylation sites (tertiary alicyclic amines) is 2. The molecule has 0 aliphatic carbocycles. The highest BCUT2D eigenvalue weighted by Gasteiger charge is 2.41. The predicted octanol–water partition coefficient (Wildman–Crippen LogP) is 3.39. The number of aromatic nitrogens is 1. The van der Waals surface area contributed by atoms with E-state index in [1.807, 2.05) is 5.51 Å². The fourth-order valence-corrected chi connectivity index (χ4v) is 4.59. The number of amides is 1. The zero-order chi connectivity index (χ0) is 16.3. The highest BCUT2D eigenvalue weighted by Crippen LogP contribution is 2.39. The number of piperidine rings is 2. The Bertz CT molecular complexity index is 516. The van der Waals surface area contributed by atoms with Gasteiger partial charge in [0.25, 0.3) is 0 Å². The third-order valence-corrected chi connectivity index (χ3v) is 5.97. The minimum Gasteiger partial charge on any atom is -0.342 e. The van der Waals surface area contributed by atoms with Crippen molar-refractivity contribution < 1.29 is 4.79 Å². The average molecular weight is 336 g/mol. The molecule has 1 unspecified atom stereocenters. The molecule has 1 aromatic rings.